The van der Waals surface area contributed by atoms with Crippen molar-refractivity contribution in [1.82, 2.24) is 19.7 Å². The highest BCUT2D eigenvalue weighted by molar-refractivity contribution is 7.89. The van der Waals surface area contributed by atoms with Gasteiger partial charge in [-0.05, 0) is 18.9 Å². The molecule has 0 spiro atoms. The van der Waals surface area contributed by atoms with Crippen LogP contribution < -0.4 is 10.1 Å². The Morgan fingerprint density at radius 2 is 2.11 bits per heavy atom. The van der Waals surface area contributed by atoms with Gasteiger partial charge in [-0.25, -0.2) is 13.4 Å². The lowest BCUT2D eigenvalue weighted by Crippen LogP contribution is -2.35. The molecule has 1 heterocycles. The number of hydrazine groups is 1. The number of nitrogens with zero attached hydrogens (tertiary/aromatic N) is 2. The second kappa shape index (κ2) is 5.00. The van der Waals surface area contributed by atoms with E-state index in [9.17, 15) is 8.42 Å². The summed E-state index contributed by atoms with van der Waals surface area (Å²) in [5.74, 6) is 0. The molecule has 1 aromatic rings. The van der Waals surface area contributed by atoms with E-state index < -0.39 is 10.0 Å². The van der Waals surface area contributed by atoms with Crippen molar-refractivity contribution in [1.29, 1.82) is 0 Å². The molecule has 2 rings (SSSR count). The Morgan fingerprint density at radius 1 is 1.44 bits per heavy atom. The van der Waals surface area contributed by atoms with Gasteiger partial charge >= 0.3 is 0 Å². The third-order valence-electron chi connectivity index (χ3n) is 2.85. The highest BCUT2D eigenvalue weighted by Gasteiger charge is 2.22. The van der Waals surface area contributed by atoms with Crippen LogP contribution in [0.1, 0.15) is 18.5 Å². The van der Waals surface area contributed by atoms with Gasteiger partial charge in [0.15, 0.2) is 0 Å². The number of aromatic nitrogens is 1. The summed E-state index contributed by atoms with van der Waals surface area (Å²) in [6.45, 7) is 0.707. The van der Waals surface area contributed by atoms with Crippen molar-refractivity contribution in [2.45, 2.75) is 30.3 Å². The Hall–Kier alpha value is -0.890. The second-order valence-electron chi connectivity index (χ2n) is 4.92. The van der Waals surface area contributed by atoms with Crippen molar-refractivity contribution in [3.63, 3.8) is 0 Å². The lowest BCUT2D eigenvalue weighted by Gasteiger charge is -2.10. The second-order valence-corrected chi connectivity index (χ2v) is 6.58. The first kappa shape index (κ1) is 13.5. The van der Waals surface area contributed by atoms with E-state index in [1.54, 1.807) is 26.4 Å². The number of rotatable bonds is 6. The minimum atomic E-state index is -3.46. The Labute approximate surface area is 108 Å². The summed E-state index contributed by atoms with van der Waals surface area (Å²) in [5, 5.41) is 4.79. The quantitative estimate of drug-likeness (QED) is 0.717. The van der Waals surface area contributed by atoms with Crippen LogP contribution in [0.5, 0.6) is 0 Å². The smallest absolute Gasteiger partial charge is 0.254 e. The summed E-state index contributed by atoms with van der Waals surface area (Å²) in [6, 6.07) is 2.32. The first-order valence-electron chi connectivity index (χ1n) is 5.97. The Balaban J connectivity index is 2.11. The van der Waals surface area contributed by atoms with E-state index in [0.717, 1.165) is 5.69 Å². The maximum absolute atomic E-state index is 12.0. The molecular weight excluding hydrogens is 252 g/mol. The molecule has 0 bridgehead atoms. The minimum Gasteiger partial charge on any atom is -0.352 e. The summed E-state index contributed by atoms with van der Waals surface area (Å²) in [5.41, 5.74) is 0.973. The lowest BCUT2D eigenvalue weighted by molar-refractivity contribution is 0.364. The van der Waals surface area contributed by atoms with E-state index >= 15 is 0 Å². The van der Waals surface area contributed by atoms with Crippen LogP contribution >= 0.6 is 0 Å². The first-order chi connectivity index (χ1) is 8.38. The number of hydrogen-bond acceptors (Lipinski definition) is 4. The zero-order chi connectivity index (χ0) is 13.3. The lowest BCUT2D eigenvalue weighted by atomic mass is 10.4. The van der Waals surface area contributed by atoms with E-state index in [1.807, 2.05) is 11.6 Å². The van der Waals surface area contributed by atoms with Crippen LogP contribution in [-0.4, -0.2) is 38.1 Å². The van der Waals surface area contributed by atoms with Crippen molar-refractivity contribution >= 4 is 10.0 Å². The van der Waals surface area contributed by atoms with Gasteiger partial charge in [0.2, 0.25) is 0 Å². The normalized spacial score (nSPS) is 16.4. The van der Waals surface area contributed by atoms with Crippen LogP contribution in [-0.2, 0) is 23.6 Å². The van der Waals surface area contributed by atoms with Crippen molar-refractivity contribution in [2.24, 2.45) is 7.05 Å². The number of sulfonamides is 1. The van der Waals surface area contributed by atoms with Gasteiger partial charge in [-0.15, -0.1) is 4.83 Å². The van der Waals surface area contributed by atoms with E-state index in [-0.39, 0.29) is 0 Å². The van der Waals surface area contributed by atoms with Gasteiger partial charge in [-0.1, -0.05) is 0 Å². The molecule has 0 atom stereocenters. The molecule has 0 amide bonds. The maximum Gasteiger partial charge on any atom is 0.254 e. The van der Waals surface area contributed by atoms with Crippen molar-refractivity contribution in [2.75, 3.05) is 14.1 Å². The molecule has 1 aromatic heterocycles. The van der Waals surface area contributed by atoms with Crippen molar-refractivity contribution in [3.8, 4) is 0 Å². The number of aryl methyl sites for hydroxylation is 1. The number of hydrogen-bond donors (Lipinski definition) is 2. The topological polar surface area (TPSA) is 66.4 Å². The summed E-state index contributed by atoms with van der Waals surface area (Å²) >= 11 is 0. The predicted octanol–water partition coefficient (Wildman–Crippen LogP) is 0.0320. The van der Waals surface area contributed by atoms with Gasteiger partial charge in [0.25, 0.3) is 10.0 Å². The zero-order valence-electron chi connectivity index (χ0n) is 11.0. The van der Waals surface area contributed by atoms with Gasteiger partial charge in [-0.3, -0.25) is 0 Å². The van der Waals surface area contributed by atoms with Gasteiger partial charge < -0.3 is 9.88 Å². The standard InChI is InChI=1S/C11H20N4O2S/c1-14(2)13-18(16,17)11-6-10(15(3)8-11)7-12-9-4-5-9/h6,8-9,12-13H,4-5,7H2,1-3H3. The molecule has 0 unspecified atom stereocenters. The molecule has 0 saturated heterocycles. The third kappa shape index (κ3) is 3.32. The summed E-state index contributed by atoms with van der Waals surface area (Å²) in [6.07, 6.45) is 4.07. The molecule has 0 aliphatic heterocycles. The van der Waals surface area contributed by atoms with Crippen LogP contribution in [0, 0.1) is 0 Å². The van der Waals surface area contributed by atoms with Crippen LogP contribution in [0.25, 0.3) is 0 Å². The summed E-state index contributed by atoms with van der Waals surface area (Å²) in [7, 11) is 1.70. The zero-order valence-corrected chi connectivity index (χ0v) is 11.8. The Kier molecular flexibility index (Phi) is 3.76. The van der Waals surface area contributed by atoms with Gasteiger partial charge in [0.05, 0.1) is 0 Å². The van der Waals surface area contributed by atoms with Crippen molar-refractivity contribution < 1.29 is 8.42 Å². The summed E-state index contributed by atoms with van der Waals surface area (Å²) in [4.78, 5) is 2.72. The van der Waals surface area contributed by atoms with Crippen LogP contribution in [0.3, 0.4) is 0 Å². The molecule has 0 radical (unpaired) electrons. The molecule has 2 N–H and O–H groups in total. The number of nitrogens with one attached hydrogen (secondary N) is 2. The van der Waals surface area contributed by atoms with E-state index in [4.69, 9.17) is 0 Å². The first-order valence-corrected chi connectivity index (χ1v) is 7.45. The molecule has 18 heavy (non-hydrogen) atoms. The molecule has 102 valence electrons. The average molecular weight is 272 g/mol. The van der Waals surface area contributed by atoms with Crippen molar-refractivity contribution in [3.05, 3.63) is 18.0 Å². The van der Waals surface area contributed by atoms with E-state index in [1.165, 1.54) is 17.9 Å². The summed E-state index contributed by atoms with van der Waals surface area (Å²) < 4.78 is 25.8. The fraction of sp³-hybridized carbons (Fsp3) is 0.636. The minimum absolute atomic E-state index is 0.297. The SMILES string of the molecule is CN(C)NS(=O)(=O)c1cc(CNC2CC2)n(C)c1. The molecule has 6 nitrogen and oxygen atoms in total. The molecule has 1 saturated carbocycles. The largest absolute Gasteiger partial charge is 0.352 e. The average Bonchev–Trinajstić information content (AvgIpc) is 2.97. The highest BCUT2D eigenvalue weighted by Crippen LogP contribution is 2.20. The highest BCUT2D eigenvalue weighted by atomic mass is 32.2. The fourth-order valence-corrected chi connectivity index (χ4v) is 2.90. The van der Waals surface area contributed by atoms with E-state index in [2.05, 4.69) is 10.1 Å². The van der Waals surface area contributed by atoms with Gasteiger partial charge in [0.1, 0.15) is 4.90 Å². The molecule has 7 heteroatoms. The predicted molar refractivity (Wildman–Crippen MR) is 69.3 cm³/mol. The van der Waals surface area contributed by atoms with Crippen LogP contribution in [0.4, 0.5) is 0 Å². The molecular formula is C11H20N4O2S. The molecule has 1 fully saturated rings. The van der Waals surface area contributed by atoms with Crippen LogP contribution in [0.2, 0.25) is 0 Å². The van der Waals surface area contributed by atoms with Gasteiger partial charge in [0, 0.05) is 45.6 Å². The molecule has 1 aliphatic rings. The molecule has 1 aliphatic carbocycles. The monoisotopic (exact) mass is 272 g/mol. The third-order valence-corrected chi connectivity index (χ3v) is 4.29. The van der Waals surface area contributed by atoms with E-state index in [0.29, 0.717) is 17.5 Å². The molecule has 0 aromatic carbocycles. The Morgan fingerprint density at radius 3 is 2.67 bits per heavy atom. The Bertz CT molecular complexity index is 517. The van der Waals surface area contributed by atoms with Gasteiger partial charge in [-0.2, -0.15) is 0 Å². The maximum atomic E-state index is 12.0. The van der Waals surface area contributed by atoms with Crippen LogP contribution in [0.15, 0.2) is 17.2 Å². The fourth-order valence-electron chi connectivity index (χ4n) is 1.73.